The highest BCUT2D eigenvalue weighted by Crippen LogP contribution is 2.23. The Morgan fingerprint density at radius 2 is 1.83 bits per heavy atom. The van der Waals surface area contributed by atoms with E-state index < -0.39 is 0 Å². The van der Waals surface area contributed by atoms with Gasteiger partial charge in [0.05, 0.1) is 25.0 Å². The SMILES string of the molecule is CCc1ccc(OCC(=O)N/N=C(/C)[C@H](c2ccccc2)N2CCOCC2)cc1. The maximum Gasteiger partial charge on any atom is 0.277 e. The van der Waals surface area contributed by atoms with Gasteiger partial charge in [-0.3, -0.25) is 9.69 Å². The topological polar surface area (TPSA) is 63.2 Å². The molecule has 0 aliphatic carbocycles. The summed E-state index contributed by atoms with van der Waals surface area (Å²) in [5.74, 6) is 0.395. The van der Waals surface area contributed by atoms with Crippen LogP contribution in [-0.2, 0) is 16.0 Å². The number of aryl methyl sites for hydroxylation is 1. The minimum absolute atomic E-state index is 0.00269. The molecule has 0 radical (unpaired) electrons. The zero-order chi connectivity index (χ0) is 20.5. The lowest BCUT2D eigenvalue weighted by molar-refractivity contribution is -0.123. The molecule has 1 fully saturated rings. The van der Waals surface area contributed by atoms with Crippen LogP contribution in [0.3, 0.4) is 0 Å². The van der Waals surface area contributed by atoms with Crippen molar-refractivity contribution >= 4 is 11.6 Å². The minimum Gasteiger partial charge on any atom is -0.484 e. The fraction of sp³-hybridized carbons (Fsp3) is 0.391. The first-order valence-electron chi connectivity index (χ1n) is 10.1. The summed E-state index contributed by atoms with van der Waals surface area (Å²) < 4.78 is 11.0. The third kappa shape index (κ3) is 6.14. The molecule has 6 nitrogen and oxygen atoms in total. The van der Waals surface area contributed by atoms with Crippen LogP contribution in [-0.4, -0.2) is 49.4 Å². The summed E-state index contributed by atoms with van der Waals surface area (Å²) in [6, 6.07) is 18.0. The summed E-state index contributed by atoms with van der Waals surface area (Å²) in [7, 11) is 0. The maximum absolute atomic E-state index is 12.2. The lowest BCUT2D eigenvalue weighted by atomic mass is 10.0. The van der Waals surface area contributed by atoms with Crippen molar-refractivity contribution in [3.8, 4) is 5.75 Å². The first-order valence-corrected chi connectivity index (χ1v) is 10.1. The number of ether oxygens (including phenoxy) is 2. The molecule has 1 saturated heterocycles. The number of carbonyl (C=O) groups is 1. The molecular weight excluding hydrogens is 366 g/mol. The number of rotatable bonds is 8. The minimum atomic E-state index is -0.280. The van der Waals surface area contributed by atoms with Crippen molar-refractivity contribution in [2.45, 2.75) is 26.3 Å². The normalized spacial score (nSPS) is 16.3. The number of nitrogens with zero attached hydrogens (tertiary/aromatic N) is 2. The van der Waals surface area contributed by atoms with E-state index >= 15 is 0 Å². The number of carbonyl (C=O) groups excluding carboxylic acids is 1. The quantitative estimate of drug-likeness (QED) is 0.551. The van der Waals surface area contributed by atoms with Gasteiger partial charge < -0.3 is 9.47 Å². The molecular formula is C23H29N3O3. The largest absolute Gasteiger partial charge is 0.484 e. The van der Waals surface area contributed by atoms with Crippen LogP contribution in [0.15, 0.2) is 59.7 Å². The van der Waals surface area contributed by atoms with Gasteiger partial charge in [-0.15, -0.1) is 0 Å². The van der Waals surface area contributed by atoms with Crippen molar-refractivity contribution in [3.05, 3.63) is 65.7 Å². The number of morpholine rings is 1. The van der Waals surface area contributed by atoms with Gasteiger partial charge in [-0.25, -0.2) is 5.43 Å². The number of nitrogens with one attached hydrogen (secondary N) is 1. The molecule has 1 heterocycles. The Bertz CT molecular complexity index is 800. The van der Waals surface area contributed by atoms with E-state index in [4.69, 9.17) is 9.47 Å². The standard InChI is InChI=1S/C23H29N3O3/c1-3-19-9-11-21(12-10-19)29-17-22(27)25-24-18(2)23(20-7-5-4-6-8-20)26-13-15-28-16-14-26/h4-12,23H,3,13-17H2,1-2H3,(H,25,27)/b24-18-/t23-/m1/s1. The molecule has 1 aliphatic heterocycles. The van der Waals surface area contributed by atoms with Crippen LogP contribution in [0.4, 0.5) is 0 Å². The first kappa shape index (κ1) is 21.0. The molecule has 0 aromatic heterocycles. The summed E-state index contributed by atoms with van der Waals surface area (Å²) in [6.45, 7) is 7.03. The number of hydrogen-bond acceptors (Lipinski definition) is 5. The van der Waals surface area contributed by atoms with E-state index in [-0.39, 0.29) is 18.6 Å². The Morgan fingerprint density at radius 3 is 2.48 bits per heavy atom. The number of hydrazone groups is 1. The lowest BCUT2D eigenvalue weighted by Gasteiger charge is -2.34. The van der Waals surface area contributed by atoms with Crippen LogP contribution in [0, 0.1) is 0 Å². The first-order chi connectivity index (χ1) is 14.2. The summed E-state index contributed by atoms with van der Waals surface area (Å²) >= 11 is 0. The van der Waals surface area contributed by atoms with Gasteiger partial charge in [0.2, 0.25) is 0 Å². The van der Waals surface area contributed by atoms with Gasteiger partial charge in [0, 0.05) is 13.1 Å². The van der Waals surface area contributed by atoms with E-state index in [9.17, 15) is 4.79 Å². The molecule has 29 heavy (non-hydrogen) atoms. The maximum atomic E-state index is 12.2. The van der Waals surface area contributed by atoms with Gasteiger partial charge in [-0.05, 0) is 36.6 Å². The van der Waals surface area contributed by atoms with Crippen molar-refractivity contribution in [1.29, 1.82) is 0 Å². The molecule has 2 aromatic rings. The second-order valence-electron chi connectivity index (χ2n) is 7.04. The van der Waals surface area contributed by atoms with Crippen LogP contribution in [0.1, 0.15) is 31.0 Å². The fourth-order valence-corrected chi connectivity index (χ4v) is 3.40. The Morgan fingerprint density at radius 1 is 1.14 bits per heavy atom. The molecule has 0 unspecified atom stereocenters. The predicted molar refractivity (Wildman–Crippen MR) is 114 cm³/mol. The van der Waals surface area contributed by atoms with Crippen molar-refractivity contribution in [1.82, 2.24) is 10.3 Å². The fourth-order valence-electron chi connectivity index (χ4n) is 3.40. The van der Waals surface area contributed by atoms with E-state index in [0.29, 0.717) is 19.0 Å². The number of amides is 1. The average molecular weight is 396 g/mol. The van der Waals surface area contributed by atoms with Crippen molar-refractivity contribution < 1.29 is 14.3 Å². The molecule has 1 aliphatic rings. The highest BCUT2D eigenvalue weighted by Gasteiger charge is 2.25. The Labute approximate surface area is 172 Å². The van der Waals surface area contributed by atoms with Gasteiger partial charge in [0.1, 0.15) is 5.75 Å². The van der Waals surface area contributed by atoms with Crippen LogP contribution < -0.4 is 10.2 Å². The molecule has 0 bridgehead atoms. The smallest absolute Gasteiger partial charge is 0.277 e. The second kappa shape index (κ2) is 10.7. The molecule has 0 saturated carbocycles. The Balaban J connectivity index is 1.60. The van der Waals surface area contributed by atoms with Gasteiger partial charge in [0.15, 0.2) is 6.61 Å². The van der Waals surface area contributed by atoms with E-state index in [0.717, 1.165) is 30.8 Å². The van der Waals surface area contributed by atoms with Gasteiger partial charge in [-0.1, -0.05) is 49.4 Å². The van der Waals surface area contributed by atoms with Crippen molar-refractivity contribution in [3.63, 3.8) is 0 Å². The third-order valence-electron chi connectivity index (χ3n) is 4.98. The van der Waals surface area contributed by atoms with Gasteiger partial charge in [0.25, 0.3) is 5.91 Å². The summed E-state index contributed by atoms with van der Waals surface area (Å²) in [6.07, 6.45) is 0.973. The van der Waals surface area contributed by atoms with E-state index in [1.807, 2.05) is 49.4 Å². The predicted octanol–water partition coefficient (Wildman–Crippen LogP) is 3.19. The Hall–Kier alpha value is -2.70. The summed E-state index contributed by atoms with van der Waals surface area (Å²) in [5.41, 5.74) is 5.85. The lowest BCUT2D eigenvalue weighted by Crippen LogP contribution is -2.42. The summed E-state index contributed by atoms with van der Waals surface area (Å²) in [5, 5.41) is 4.37. The molecule has 0 spiro atoms. The summed E-state index contributed by atoms with van der Waals surface area (Å²) in [4.78, 5) is 14.5. The molecule has 2 aromatic carbocycles. The average Bonchev–Trinajstić information content (AvgIpc) is 2.78. The van der Waals surface area contributed by atoms with Crippen LogP contribution in [0.2, 0.25) is 0 Å². The number of benzene rings is 2. The third-order valence-corrected chi connectivity index (χ3v) is 4.98. The molecule has 3 rings (SSSR count). The van der Waals surface area contributed by atoms with Crippen LogP contribution in [0.5, 0.6) is 5.75 Å². The molecule has 1 N–H and O–H groups in total. The second-order valence-corrected chi connectivity index (χ2v) is 7.04. The zero-order valence-corrected chi connectivity index (χ0v) is 17.1. The molecule has 6 heteroatoms. The van der Waals surface area contributed by atoms with E-state index in [2.05, 4.69) is 34.5 Å². The number of hydrogen-bond donors (Lipinski definition) is 1. The molecule has 1 atom stereocenters. The van der Waals surface area contributed by atoms with Crippen LogP contribution in [0.25, 0.3) is 0 Å². The Kier molecular flexibility index (Phi) is 7.78. The van der Waals surface area contributed by atoms with E-state index in [1.54, 1.807) is 0 Å². The molecule has 1 amide bonds. The zero-order valence-electron chi connectivity index (χ0n) is 17.1. The van der Waals surface area contributed by atoms with Gasteiger partial charge >= 0.3 is 0 Å². The van der Waals surface area contributed by atoms with Gasteiger partial charge in [-0.2, -0.15) is 5.10 Å². The van der Waals surface area contributed by atoms with Crippen LogP contribution >= 0.6 is 0 Å². The highest BCUT2D eigenvalue weighted by molar-refractivity contribution is 5.90. The molecule has 154 valence electrons. The van der Waals surface area contributed by atoms with Crippen molar-refractivity contribution in [2.75, 3.05) is 32.9 Å². The van der Waals surface area contributed by atoms with Crippen molar-refractivity contribution in [2.24, 2.45) is 5.10 Å². The monoisotopic (exact) mass is 395 g/mol. The highest BCUT2D eigenvalue weighted by atomic mass is 16.5. The van der Waals surface area contributed by atoms with E-state index in [1.165, 1.54) is 5.56 Å².